The molecular formula is C71H137NO5. The first-order valence-corrected chi connectivity index (χ1v) is 35.1. The Morgan fingerprint density at radius 1 is 0.351 bits per heavy atom. The highest BCUT2D eigenvalue weighted by Crippen LogP contribution is 2.19. The van der Waals surface area contributed by atoms with Crippen LogP contribution < -0.4 is 5.32 Å². The van der Waals surface area contributed by atoms with Gasteiger partial charge in [0.05, 0.1) is 25.4 Å². The second kappa shape index (κ2) is 66.8. The number of rotatable bonds is 66. The fourth-order valence-electron chi connectivity index (χ4n) is 11.1. The van der Waals surface area contributed by atoms with E-state index >= 15 is 0 Å². The Labute approximate surface area is 481 Å². The number of amides is 1. The number of unbranched alkanes of at least 4 members (excludes halogenated alkanes) is 53. The lowest BCUT2D eigenvalue weighted by Gasteiger charge is -2.20. The summed E-state index contributed by atoms with van der Waals surface area (Å²) in [4.78, 5) is 24.6. The molecule has 6 nitrogen and oxygen atoms in total. The highest BCUT2D eigenvalue weighted by atomic mass is 16.5. The Bertz CT molecular complexity index is 1200. The van der Waals surface area contributed by atoms with Crippen molar-refractivity contribution in [2.24, 2.45) is 0 Å². The van der Waals surface area contributed by atoms with Gasteiger partial charge in [0.15, 0.2) is 0 Å². The highest BCUT2D eigenvalue weighted by Gasteiger charge is 2.18. The zero-order valence-corrected chi connectivity index (χ0v) is 52.2. The molecule has 3 N–H and O–H groups in total. The van der Waals surface area contributed by atoms with Gasteiger partial charge >= 0.3 is 5.97 Å². The van der Waals surface area contributed by atoms with Crippen molar-refractivity contribution in [2.75, 3.05) is 13.2 Å². The zero-order chi connectivity index (χ0) is 55.7. The topological polar surface area (TPSA) is 95.9 Å². The van der Waals surface area contributed by atoms with Crippen molar-refractivity contribution in [2.45, 2.75) is 405 Å². The number of aliphatic hydroxyl groups is 2. The standard InChI is InChI=1S/C71H137NO5/c1-3-5-7-9-11-13-15-17-19-21-32-35-39-43-47-51-55-59-63-69(74)68(67-73)72-70(75)64-60-56-52-48-44-40-36-33-29-27-25-23-22-24-26-28-30-34-38-42-46-50-54-58-62-66-77-71(76)65-61-57-53-49-45-41-37-31-20-18-16-14-12-10-8-6-4-2/h23,25,59,63,68-69,73-74H,3-22,24,26-58,60-62,64-67H2,1-2H3,(H,72,75)/b25-23-,63-59+. The van der Waals surface area contributed by atoms with E-state index in [1.54, 1.807) is 6.08 Å². The molecule has 0 heterocycles. The van der Waals surface area contributed by atoms with Gasteiger partial charge < -0.3 is 20.3 Å². The third-order valence-electron chi connectivity index (χ3n) is 16.5. The summed E-state index contributed by atoms with van der Waals surface area (Å²) >= 11 is 0. The molecule has 0 aliphatic heterocycles. The fraction of sp³-hybridized carbons (Fsp3) is 0.915. The van der Waals surface area contributed by atoms with Crippen molar-refractivity contribution in [1.29, 1.82) is 0 Å². The van der Waals surface area contributed by atoms with E-state index in [0.29, 0.717) is 19.4 Å². The number of hydrogen-bond donors (Lipinski definition) is 3. The van der Waals surface area contributed by atoms with Crippen LogP contribution in [0.15, 0.2) is 24.3 Å². The molecule has 2 unspecified atom stereocenters. The first-order chi connectivity index (χ1) is 38.0. The summed E-state index contributed by atoms with van der Waals surface area (Å²) in [5, 5.41) is 23.2. The molecule has 0 fully saturated rings. The van der Waals surface area contributed by atoms with Crippen molar-refractivity contribution in [3.05, 3.63) is 24.3 Å². The molecule has 0 aromatic heterocycles. The summed E-state index contributed by atoms with van der Waals surface area (Å²) in [6.07, 6.45) is 83.9. The molecule has 0 bridgehead atoms. The van der Waals surface area contributed by atoms with Crippen LogP contribution in [0, 0.1) is 0 Å². The van der Waals surface area contributed by atoms with E-state index < -0.39 is 12.1 Å². The Hall–Kier alpha value is -1.66. The molecule has 0 saturated carbocycles. The van der Waals surface area contributed by atoms with Crippen LogP contribution in [-0.2, 0) is 14.3 Å². The minimum atomic E-state index is -0.847. The largest absolute Gasteiger partial charge is 0.466 e. The molecule has 0 spiro atoms. The van der Waals surface area contributed by atoms with Crippen LogP contribution in [0.3, 0.4) is 0 Å². The monoisotopic (exact) mass is 1080 g/mol. The maximum absolute atomic E-state index is 12.5. The zero-order valence-electron chi connectivity index (χ0n) is 52.2. The summed E-state index contributed by atoms with van der Waals surface area (Å²) in [6.45, 7) is 4.94. The van der Waals surface area contributed by atoms with E-state index in [0.717, 1.165) is 38.5 Å². The molecule has 2 atom stereocenters. The third-order valence-corrected chi connectivity index (χ3v) is 16.5. The van der Waals surface area contributed by atoms with Crippen LogP contribution in [0.4, 0.5) is 0 Å². The second-order valence-corrected chi connectivity index (χ2v) is 24.2. The predicted octanol–water partition coefficient (Wildman–Crippen LogP) is 22.5. The fourth-order valence-corrected chi connectivity index (χ4v) is 11.1. The maximum Gasteiger partial charge on any atom is 0.305 e. The number of nitrogens with one attached hydrogen (secondary N) is 1. The number of esters is 1. The predicted molar refractivity (Wildman–Crippen MR) is 338 cm³/mol. The smallest absolute Gasteiger partial charge is 0.305 e. The van der Waals surface area contributed by atoms with Crippen molar-refractivity contribution >= 4 is 11.9 Å². The molecule has 0 radical (unpaired) electrons. The van der Waals surface area contributed by atoms with E-state index in [9.17, 15) is 19.8 Å². The van der Waals surface area contributed by atoms with Gasteiger partial charge in [-0.3, -0.25) is 9.59 Å². The molecule has 77 heavy (non-hydrogen) atoms. The number of ether oxygens (including phenoxy) is 1. The lowest BCUT2D eigenvalue weighted by Crippen LogP contribution is -2.45. The Morgan fingerprint density at radius 3 is 0.922 bits per heavy atom. The van der Waals surface area contributed by atoms with Gasteiger partial charge in [0.2, 0.25) is 5.91 Å². The van der Waals surface area contributed by atoms with Gasteiger partial charge in [-0.15, -0.1) is 0 Å². The van der Waals surface area contributed by atoms with Crippen LogP contribution in [0.1, 0.15) is 393 Å². The SMILES string of the molecule is CCCCCCCCCCCCCCCCCC/C=C/C(O)C(CO)NC(=O)CCCCCCCCCCC/C=C\CCCCCCCCCCCCCCOC(=O)CCCCCCCCCCCCCCCCCCC. The second-order valence-electron chi connectivity index (χ2n) is 24.2. The number of hydrogen-bond acceptors (Lipinski definition) is 5. The lowest BCUT2D eigenvalue weighted by atomic mass is 10.0. The van der Waals surface area contributed by atoms with E-state index in [1.807, 2.05) is 6.08 Å². The number of carbonyl (C=O) groups is 2. The van der Waals surface area contributed by atoms with E-state index in [2.05, 4.69) is 31.3 Å². The van der Waals surface area contributed by atoms with Crippen molar-refractivity contribution in [3.63, 3.8) is 0 Å². The first-order valence-electron chi connectivity index (χ1n) is 35.1. The van der Waals surface area contributed by atoms with Gasteiger partial charge in [0.25, 0.3) is 0 Å². The van der Waals surface area contributed by atoms with Crippen LogP contribution in [-0.4, -0.2) is 47.4 Å². The third kappa shape index (κ3) is 63.4. The van der Waals surface area contributed by atoms with Gasteiger partial charge in [-0.1, -0.05) is 346 Å². The van der Waals surface area contributed by atoms with Gasteiger partial charge in [0, 0.05) is 12.8 Å². The van der Waals surface area contributed by atoms with E-state index in [1.165, 1.54) is 327 Å². The van der Waals surface area contributed by atoms with Crippen LogP contribution in [0.5, 0.6) is 0 Å². The van der Waals surface area contributed by atoms with Crippen LogP contribution in [0.25, 0.3) is 0 Å². The van der Waals surface area contributed by atoms with Gasteiger partial charge in [-0.05, 0) is 57.8 Å². The Morgan fingerprint density at radius 2 is 0.610 bits per heavy atom. The van der Waals surface area contributed by atoms with Crippen molar-refractivity contribution < 1.29 is 24.5 Å². The molecule has 0 rings (SSSR count). The molecule has 0 aromatic rings. The van der Waals surface area contributed by atoms with E-state index in [-0.39, 0.29) is 18.5 Å². The number of aliphatic hydroxyl groups excluding tert-OH is 2. The first kappa shape index (κ1) is 75.3. The average Bonchev–Trinajstić information content (AvgIpc) is 3.43. The maximum atomic E-state index is 12.5. The Balaban J connectivity index is 3.40. The van der Waals surface area contributed by atoms with E-state index in [4.69, 9.17) is 4.74 Å². The molecule has 456 valence electrons. The summed E-state index contributed by atoms with van der Waals surface area (Å²) in [5.74, 6) is -0.0500. The van der Waals surface area contributed by atoms with Crippen molar-refractivity contribution in [3.8, 4) is 0 Å². The number of carbonyl (C=O) groups excluding carboxylic acids is 2. The molecule has 0 aromatic carbocycles. The summed E-state index contributed by atoms with van der Waals surface area (Å²) in [6, 6.07) is -0.630. The molecule has 0 saturated heterocycles. The quantitative estimate of drug-likeness (QED) is 0.0320. The van der Waals surface area contributed by atoms with Gasteiger partial charge in [0.1, 0.15) is 0 Å². The molecule has 0 aliphatic rings. The highest BCUT2D eigenvalue weighted by molar-refractivity contribution is 5.76. The van der Waals surface area contributed by atoms with Crippen LogP contribution in [0.2, 0.25) is 0 Å². The Kier molecular flexibility index (Phi) is 65.4. The average molecular weight is 1080 g/mol. The van der Waals surface area contributed by atoms with Crippen LogP contribution >= 0.6 is 0 Å². The summed E-state index contributed by atoms with van der Waals surface area (Å²) < 4.78 is 5.50. The molecule has 1 amide bonds. The lowest BCUT2D eigenvalue weighted by molar-refractivity contribution is -0.143. The summed E-state index contributed by atoms with van der Waals surface area (Å²) in [5.41, 5.74) is 0. The molecular weight excluding hydrogens is 947 g/mol. The molecule has 6 heteroatoms. The molecule has 0 aliphatic carbocycles. The minimum Gasteiger partial charge on any atom is -0.466 e. The number of allylic oxidation sites excluding steroid dienone is 3. The van der Waals surface area contributed by atoms with Gasteiger partial charge in [-0.25, -0.2) is 0 Å². The minimum absolute atomic E-state index is 0.0177. The summed E-state index contributed by atoms with van der Waals surface area (Å²) in [7, 11) is 0. The van der Waals surface area contributed by atoms with Gasteiger partial charge in [-0.2, -0.15) is 0 Å². The van der Waals surface area contributed by atoms with Crippen molar-refractivity contribution in [1.82, 2.24) is 5.32 Å². The normalized spacial score (nSPS) is 12.6.